The third kappa shape index (κ3) is 2.76. The van der Waals surface area contributed by atoms with E-state index in [1.165, 1.54) is 6.20 Å². The van der Waals surface area contributed by atoms with Crippen molar-refractivity contribution in [3.8, 4) is 23.5 Å². The minimum Gasteiger partial charge on any atom is -0.396 e. The maximum atomic E-state index is 8.93. The van der Waals surface area contributed by atoms with Crippen LogP contribution in [0.15, 0.2) is 36.7 Å². The summed E-state index contributed by atoms with van der Waals surface area (Å²) in [6.07, 6.45) is 3.48. The van der Waals surface area contributed by atoms with Crippen LogP contribution in [0.5, 0.6) is 0 Å². The molecule has 3 rings (SSSR count). The Labute approximate surface area is 132 Å². The molecule has 3 N–H and O–H groups in total. The van der Waals surface area contributed by atoms with E-state index in [4.69, 9.17) is 16.3 Å². The molecule has 0 radical (unpaired) electrons. The molecule has 0 bridgehead atoms. The second-order valence-electron chi connectivity index (χ2n) is 4.90. The SMILES string of the molecule is N#CCCNc1cc(-c2ccc3cc(C#N)cnn23)ncc1N. The van der Waals surface area contributed by atoms with Crippen molar-refractivity contribution in [3.63, 3.8) is 0 Å². The lowest BCUT2D eigenvalue weighted by Crippen LogP contribution is -2.05. The second kappa shape index (κ2) is 6.04. The molecule has 3 aromatic heterocycles. The molecule has 0 fully saturated rings. The van der Waals surface area contributed by atoms with E-state index in [0.717, 1.165) is 16.9 Å². The molecule has 7 nitrogen and oxygen atoms in total. The van der Waals surface area contributed by atoms with Gasteiger partial charge in [-0.3, -0.25) is 4.98 Å². The van der Waals surface area contributed by atoms with Crippen LogP contribution < -0.4 is 11.1 Å². The highest BCUT2D eigenvalue weighted by atomic mass is 15.2. The van der Waals surface area contributed by atoms with Crippen LogP contribution in [-0.4, -0.2) is 21.1 Å². The van der Waals surface area contributed by atoms with E-state index in [2.05, 4.69) is 27.5 Å². The number of nitrogen functional groups attached to an aromatic ring is 1. The number of aromatic nitrogens is 3. The van der Waals surface area contributed by atoms with E-state index >= 15 is 0 Å². The Morgan fingerprint density at radius 1 is 1.22 bits per heavy atom. The number of nitrogens with zero attached hydrogens (tertiary/aromatic N) is 5. The smallest absolute Gasteiger partial charge is 0.101 e. The van der Waals surface area contributed by atoms with Gasteiger partial charge in [0.05, 0.1) is 58.7 Å². The van der Waals surface area contributed by atoms with E-state index in [1.54, 1.807) is 16.8 Å². The maximum absolute atomic E-state index is 8.93. The summed E-state index contributed by atoms with van der Waals surface area (Å²) in [4.78, 5) is 4.35. The summed E-state index contributed by atoms with van der Waals surface area (Å²) < 4.78 is 1.72. The third-order valence-corrected chi connectivity index (χ3v) is 3.38. The van der Waals surface area contributed by atoms with Gasteiger partial charge in [-0.05, 0) is 24.3 Å². The van der Waals surface area contributed by atoms with Crippen LogP contribution in [0, 0.1) is 22.7 Å². The van der Waals surface area contributed by atoms with E-state index in [-0.39, 0.29) is 0 Å². The van der Waals surface area contributed by atoms with Crippen LogP contribution in [0.3, 0.4) is 0 Å². The van der Waals surface area contributed by atoms with E-state index < -0.39 is 0 Å². The fourth-order valence-electron chi connectivity index (χ4n) is 2.27. The third-order valence-electron chi connectivity index (χ3n) is 3.38. The van der Waals surface area contributed by atoms with Crippen molar-refractivity contribution < 1.29 is 0 Å². The quantitative estimate of drug-likeness (QED) is 0.713. The van der Waals surface area contributed by atoms with Gasteiger partial charge in [0.2, 0.25) is 0 Å². The van der Waals surface area contributed by atoms with Gasteiger partial charge in [-0.2, -0.15) is 15.6 Å². The zero-order chi connectivity index (χ0) is 16.2. The topological polar surface area (TPSA) is 116 Å². The molecule has 0 unspecified atom stereocenters. The summed E-state index contributed by atoms with van der Waals surface area (Å²) in [5.41, 5.74) is 9.99. The Hall–Kier alpha value is -3.58. The number of nitrogens with one attached hydrogen (secondary N) is 1. The standard InChI is InChI=1S/C16H13N7/c17-4-1-5-20-14-7-15(21-10-13(14)19)16-3-2-12-6-11(8-18)9-22-23(12)16/h2-3,6-7,9-10H,1,5,19H2,(H,20,21). The van der Waals surface area contributed by atoms with Gasteiger partial charge in [-0.1, -0.05) is 0 Å². The zero-order valence-corrected chi connectivity index (χ0v) is 12.2. The summed E-state index contributed by atoms with van der Waals surface area (Å²) in [6.45, 7) is 0.517. The minimum atomic E-state index is 0.393. The normalized spacial score (nSPS) is 10.2. The van der Waals surface area contributed by atoms with Gasteiger partial charge >= 0.3 is 0 Å². The molecule has 0 aliphatic carbocycles. The predicted molar refractivity (Wildman–Crippen MR) is 86.3 cm³/mol. The Kier molecular flexibility index (Phi) is 3.77. The van der Waals surface area contributed by atoms with E-state index in [0.29, 0.717) is 29.9 Å². The van der Waals surface area contributed by atoms with Crippen LogP contribution >= 0.6 is 0 Å². The molecule has 3 heterocycles. The minimum absolute atomic E-state index is 0.393. The van der Waals surface area contributed by atoms with Crippen molar-refractivity contribution >= 4 is 16.9 Å². The van der Waals surface area contributed by atoms with E-state index in [1.807, 2.05) is 18.2 Å². The lowest BCUT2D eigenvalue weighted by atomic mass is 10.2. The molecule has 0 spiro atoms. The molecule has 0 aliphatic heterocycles. The number of fused-ring (bicyclic) bond motifs is 1. The van der Waals surface area contributed by atoms with Crippen LogP contribution in [0.1, 0.15) is 12.0 Å². The number of nitrogens with two attached hydrogens (primary N) is 1. The number of hydrogen-bond donors (Lipinski definition) is 2. The first kappa shape index (κ1) is 14.4. The Morgan fingerprint density at radius 3 is 2.87 bits per heavy atom. The molecular weight excluding hydrogens is 290 g/mol. The fraction of sp³-hybridized carbons (Fsp3) is 0.125. The molecule has 112 valence electrons. The highest BCUT2D eigenvalue weighted by Crippen LogP contribution is 2.26. The number of anilines is 2. The van der Waals surface area contributed by atoms with Crippen molar-refractivity contribution in [3.05, 3.63) is 42.2 Å². The number of nitriles is 2. The molecule has 3 aromatic rings. The van der Waals surface area contributed by atoms with Gasteiger partial charge in [0.1, 0.15) is 6.07 Å². The molecule has 23 heavy (non-hydrogen) atoms. The first-order chi connectivity index (χ1) is 11.2. The van der Waals surface area contributed by atoms with Crippen LogP contribution in [0.25, 0.3) is 16.9 Å². The summed E-state index contributed by atoms with van der Waals surface area (Å²) in [6, 6.07) is 11.5. The van der Waals surface area contributed by atoms with E-state index in [9.17, 15) is 0 Å². The van der Waals surface area contributed by atoms with Gasteiger partial charge in [0.25, 0.3) is 0 Å². The van der Waals surface area contributed by atoms with Gasteiger partial charge in [-0.25, -0.2) is 4.52 Å². The Morgan fingerprint density at radius 2 is 2.09 bits per heavy atom. The molecule has 0 aromatic carbocycles. The van der Waals surface area contributed by atoms with Crippen molar-refractivity contribution in [2.45, 2.75) is 6.42 Å². The average molecular weight is 303 g/mol. The molecule has 0 aliphatic rings. The van der Waals surface area contributed by atoms with Crippen molar-refractivity contribution in [1.29, 1.82) is 10.5 Å². The fourth-order valence-corrected chi connectivity index (χ4v) is 2.27. The first-order valence-corrected chi connectivity index (χ1v) is 6.97. The van der Waals surface area contributed by atoms with Crippen molar-refractivity contribution in [2.24, 2.45) is 0 Å². The Balaban J connectivity index is 2.00. The zero-order valence-electron chi connectivity index (χ0n) is 12.2. The van der Waals surface area contributed by atoms with Crippen LogP contribution in [0.4, 0.5) is 11.4 Å². The summed E-state index contributed by atoms with van der Waals surface area (Å²) in [7, 11) is 0. The molecule has 0 amide bonds. The monoisotopic (exact) mass is 303 g/mol. The van der Waals surface area contributed by atoms with Crippen LogP contribution in [-0.2, 0) is 0 Å². The molecule has 0 atom stereocenters. The lowest BCUT2D eigenvalue weighted by Gasteiger charge is -2.09. The highest BCUT2D eigenvalue weighted by molar-refractivity contribution is 5.73. The summed E-state index contributed by atoms with van der Waals surface area (Å²) in [5, 5.41) is 24.9. The molecular formula is C16H13N7. The van der Waals surface area contributed by atoms with Crippen LogP contribution in [0.2, 0.25) is 0 Å². The molecule has 0 saturated carbocycles. The molecule has 7 heteroatoms. The number of hydrogen-bond acceptors (Lipinski definition) is 6. The first-order valence-electron chi connectivity index (χ1n) is 6.97. The van der Waals surface area contributed by atoms with Gasteiger partial charge in [0, 0.05) is 6.54 Å². The maximum Gasteiger partial charge on any atom is 0.101 e. The number of rotatable bonds is 4. The summed E-state index contributed by atoms with van der Waals surface area (Å²) >= 11 is 0. The Bertz CT molecular complexity index is 943. The highest BCUT2D eigenvalue weighted by Gasteiger charge is 2.10. The van der Waals surface area contributed by atoms with Gasteiger partial charge in [-0.15, -0.1) is 0 Å². The van der Waals surface area contributed by atoms with Crippen molar-refractivity contribution in [1.82, 2.24) is 14.6 Å². The molecule has 0 saturated heterocycles. The van der Waals surface area contributed by atoms with Gasteiger partial charge < -0.3 is 11.1 Å². The summed E-state index contributed by atoms with van der Waals surface area (Å²) in [5.74, 6) is 0. The van der Waals surface area contributed by atoms with Crippen molar-refractivity contribution in [2.75, 3.05) is 17.6 Å². The second-order valence-corrected chi connectivity index (χ2v) is 4.90. The number of pyridine rings is 1. The van der Waals surface area contributed by atoms with Gasteiger partial charge in [0.15, 0.2) is 0 Å². The predicted octanol–water partition coefficient (Wildman–Crippen LogP) is 2.18. The average Bonchev–Trinajstić information content (AvgIpc) is 2.99. The largest absolute Gasteiger partial charge is 0.396 e. The lowest BCUT2D eigenvalue weighted by molar-refractivity contribution is 0.939.